The van der Waals surface area contributed by atoms with Crippen LogP contribution in [0.5, 0.6) is 0 Å². The first-order chi connectivity index (χ1) is 7.66. The van der Waals surface area contributed by atoms with Gasteiger partial charge in [0.1, 0.15) is 12.1 Å². The van der Waals surface area contributed by atoms with Gasteiger partial charge in [0, 0.05) is 5.69 Å². The third-order valence-electron chi connectivity index (χ3n) is 2.04. The first-order valence-corrected chi connectivity index (χ1v) is 4.55. The average molecular weight is 220 g/mol. The van der Waals surface area contributed by atoms with Gasteiger partial charge >= 0.3 is 0 Å². The second-order valence-corrected chi connectivity index (χ2v) is 3.20. The molecule has 2 rings (SSSR count). The van der Waals surface area contributed by atoms with E-state index < -0.39 is 5.82 Å². The highest BCUT2D eigenvalue weighted by Crippen LogP contribution is 2.17. The summed E-state index contributed by atoms with van der Waals surface area (Å²) in [7, 11) is 0. The molecule has 0 aliphatic rings. The first kappa shape index (κ1) is 10.2. The highest BCUT2D eigenvalue weighted by Gasteiger charge is 2.08. The van der Waals surface area contributed by atoms with E-state index in [0.29, 0.717) is 11.3 Å². The van der Waals surface area contributed by atoms with Crippen LogP contribution in [0.2, 0.25) is 0 Å². The van der Waals surface area contributed by atoms with Gasteiger partial charge in [0.15, 0.2) is 0 Å². The van der Waals surface area contributed by atoms with Gasteiger partial charge in [-0.1, -0.05) is 0 Å². The summed E-state index contributed by atoms with van der Waals surface area (Å²) in [6, 6.07) is 5.51. The van der Waals surface area contributed by atoms with E-state index in [4.69, 9.17) is 10.2 Å². The van der Waals surface area contributed by atoms with E-state index in [0.717, 1.165) is 0 Å². The smallest absolute Gasteiger partial charge is 0.258 e. The summed E-state index contributed by atoms with van der Waals surface area (Å²) in [5, 5.41) is 2.57. The van der Waals surface area contributed by atoms with Crippen LogP contribution < -0.4 is 11.1 Å². The fourth-order valence-electron chi connectivity index (χ4n) is 1.22. The lowest BCUT2D eigenvalue weighted by atomic mass is 10.2. The molecule has 1 heterocycles. The van der Waals surface area contributed by atoms with Gasteiger partial charge in [0.25, 0.3) is 5.91 Å². The number of anilines is 2. The molecule has 5 heteroatoms. The van der Waals surface area contributed by atoms with Crippen molar-refractivity contribution in [1.82, 2.24) is 0 Å². The van der Waals surface area contributed by atoms with Crippen molar-refractivity contribution in [2.45, 2.75) is 0 Å². The van der Waals surface area contributed by atoms with Crippen LogP contribution in [0.4, 0.5) is 15.8 Å². The molecule has 0 saturated heterocycles. The van der Waals surface area contributed by atoms with Gasteiger partial charge in [0.05, 0.1) is 17.5 Å². The third kappa shape index (κ3) is 2.03. The largest absolute Gasteiger partial charge is 0.472 e. The van der Waals surface area contributed by atoms with Crippen LogP contribution in [0.15, 0.2) is 41.2 Å². The molecule has 0 bridgehead atoms. The molecule has 0 aliphatic heterocycles. The Morgan fingerprint density at radius 1 is 1.38 bits per heavy atom. The molecule has 0 saturated carbocycles. The molecule has 1 amide bonds. The Morgan fingerprint density at radius 3 is 2.81 bits per heavy atom. The van der Waals surface area contributed by atoms with E-state index in [1.807, 2.05) is 0 Å². The van der Waals surface area contributed by atoms with Crippen LogP contribution in [0.1, 0.15) is 10.4 Å². The minimum absolute atomic E-state index is 0.00927. The number of benzene rings is 1. The quantitative estimate of drug-likeness (QED) is 0.762. The third-order valence-corrected chi connectivity index (χ3v) is 2.04. The van der Waals surface area contributed by atoms with Crippen molar-refractivity contribution in [3.05, 3.63) is 48.2 Å². The van der Waals surface area contributed by atoms with Crippen LogP contribution in [-0.4, -0.2) is 5.91 Å². The Hall–Kier alpha value is -2.30. The normalized spacial score (nSPS) is 10.1. The van der Waals surface area contributed by atoms with Crippen LogP contribution in [0, 0.1) is 5.82 Å². The van der Waals surface area contributed by atoms with E-state index in [-0.39, 0.29) is 11.6 Å². The molecule has 0 radical (unpaired) electrons. The second-order valence-electron chi connectivity index (χ2n) is 3.20. The molecule has 0 atom stereocenters. The van der Waals surface area contributed by atoms with Crippen molar-refractivity contribution in [2.75, 3.05) is 11.1 Å². The molecule has 82 valence electrons. The first-order valence-electron chi connectivity index (χ1n) is 4.55. The molecule has 0 spiro atoms. The zero-order chi connectivity index (χ0) is 11.5. The summed E-state index contributed by atoms with van der Waals surface area (Å²) in [6.45, 7) is 0. The van der Waals surface area contributed by atoms with Gasteiger partial charge < -0.3 is 15.5 Å². The number of rotatable bonds is 2. The number of hydrogen-bond donors (Lipinski definition) is 2. The van der Waals surface area contributed by atoms with Crippen LogP contribution in [-0.2, 0) is 0 Å². The van der Waals surface area contributed by atoms with Gasteiger partial charge in [-0.2, -0.15) is 0 Å². The Kier molecular flexibility index (Phi) is 2.59. The average Bonchev–Trinajstić information content (AvgIpc) is 2.77. The SMILES string of the molecule is Nc1cc(NC(=O)c2ccoc2)ccc1F. The topological polar surface area (TPSA) is 68.3 Å². The van der Waals surface area contributed by atoms with Crippen molar-refractivity contribution < 1.29 is 13.6 Å². The summed E-state index contributed by atoms with van der Waals surface area (Å²) in [4.78, 5) is 11.6. The van der Waals surface area contributed by atoms with E-state index in [9.17, 15) is 9.18 Å². The van der Waals surface area contributed by atoms with E-state index in [1.165, 1.54) is 36.8 Å². The van der Waals surface area contributed by atoms with Gasteiger partial charge in [-0.05, 0) is 24.3 Å². The van der Waals surface area contributed by atoms with Crippen molar-refractivity contribution in [2.24, 2.45) is 0 Å². The lowest BCUT2D eigenvalue weighted by Gasteiger charge is -2.04. The molecule has 4 nitrogen and oxygen atoms in total. The highest BCUT2D eigenvalue weighted by atomic mass is 19.1. The van der Waals surface area contributed by atoms with Crippen LogP contribution in [0.25, 0.3) is 0 Å². The maximum atomic E-state index is 12.9. The predicted molar refractivity (Wildman–Crippen MR) is 57.5 cm³/mol. The molecule has 1 aromatic carbocycles. The molecule has 0 fully saturated rings. The van der Waals surface area contributed by atoms with E-state index in [1.54, 1.807) is 0 Å². The molecular weight excluding hydrogens is 211 g/mol. The molecule has 0 unspecified atom stereocenters. The Morgan fingerprint density at radius 2 is 2.19 bits per heavy atom. The number of furan rings is 1. The minimum atomic E-state index is -0.513. The maximum Gasteiger partial charge on any atom is 0.258 e. The number of carbonyl (C=O) groups excluding carboxylic acids is 1. The Bertz CT molecular complexity index is 509. The molecule has 2 aromatic rings. The van der Waals surface area contributed by atoms with Crippen molar-refractivity contribution in [3.63, 3.8) is 0 Å². The number of amides is 1. The lowest BCUT2D eigenvalue weighted by Crippen LogP contribution is -2.11. The maximum absolute atomic E-state index is 12.9. The predicted octanol–water partition coefficient (Wildman–Crippen LogP) is 2.25. The molecule has 0 aliphatic carbocycles. The molecule has 16 heavy (non-hydrogen) atoms. The highest BCUT2D eigenvalue weighted by molar-refractivity contribution is 6.04. The minimum Gasteiger partial charge on any atom is -0.472 e. The number of nitrogen functional groups attached to an aromatic ring is 1. The van der Waals surface area contributed by atoms with Crippen LogP contribution >= 0.6 is 0 Å². The second kappa shape index (κ2) is 4.06. The summed E-state index contributed by atoms with van der Waals surface area (Å²) < 4.78 is 17.6. The van der Waals surface area contributed by atoms with Gasteiger partial charge in [-0.3, -0.25) is 4.79 Å². The van der Waals surface area contributed by atoms with Crippen molar-refractivity contribution >= 4 is 17.3 Å². The zero-order valence-electron chi connectivity index (χ0n) is 8.24. The fraction of sp³-hybridized carbons (Fsp3) is 0. The summed E-state index contributed by atoms with van der Waals surface area (Å²) >= 11 is 0. The number of hydrogen-bond acceptors (Lipinski definition) is 3. The molecule has 3 N–H and O–H groups in total. The summed E-state index contributed by atoms with van der Waals surface area (Å²) in [5.41, 5.74) is 6.19. The fourth-order valence-corrected chi connectivity index (χ4v) is 1.22. The van der Waals surface area contributed by atoms with E-state index >= 15 is 0 Å². The van der Waals surface area contributed by atoms with Gasteiger partial charge in [0.2, 0.25) is 0 Å². The lowest BCUT2D eigenvalue weighted by molar-refractivity contribution is 0.102. The Labute approximate surface area is 90.9 Å². The zero-order valence-corrected chi connectivity index (χ0v) is 8.24. The number of carbonyl (C=O) groups is 1. The monoisotopic (exact) mass is 220 g/mol. The number of nitrogens with one attached hydrogen (secondary N) is 1. The number of nitrogens with two attached hydrogens (primary N) is 1. The molecule has 1 aromatic heterocycles. The Balaban J connectivity index is 2.15. The van der Waals surface area contributed by atoms with Crippen molar-refractivity contribution in [3.8, 4) is 0 Å². The van der Waals surface area contributed by atoms with Gasteiger partial charge in [-0.15, -0.1) is 0 Å². The summed E-state index contributed by atoms with van der Waals surface area (Å²) in [5.74, 6) is -0.846. The number of halogens is 1. The van der Waals surface area contributed by atoms with E-state index in [2.05, 4.69) is 5.32 Å². The van der Waals surface area contributed by atoms with Crippen molar-refractivity contribution in [1.29, 1.82) is 0 Å². The van der Waals surface area contributed by atoms with Gasteiger partial charge in [-0.25, -0.2) is 4.39 Å². The molecular formula is C11H9FN2O2. The summed E-state index contributed by atoms with van der Waals surface area (Å²) in [6.07, 6.45) is 2.72. The van der Waals surface area contributed by atoms with Crippen LogP contribution in [0.3, 0.4) is 0 Å². The standard InChI is InChI=1S/C11H9FN2O2/c12-9-2-1-8(5-10(9)13)14-11(15)7-3-4-16-6-7/h1-6H,13H2,(H,14,15).